The number of nitrogens with zero attached hydrogens (tertiary/aromatic N) is 4. The molecular formula is C16H27N5. The van der Waals surface area contributed by atoms with Crippen LogP contribution in [-0.2, 0) is 0 Å². The number of piperidine rings is 1. The monoisotopic (exact) mass is 289 g/mol. The fraction of sp³-hybridized carbons (Fsp3) is 0.812. The summed E-state index contributed by atoms with van der Waals surface area (Å²) in [5.74, 6) is 2.43. The third-order valence-corrected chi connectivity index (χ3v) is 4.72. The topological polar surface area (TPSA) is 53.9 Å². The molecule has 1 saturated carbocycles. The molecule has 2 heterocycles. The molecule has 0 radical (unpaired) electrons. The van der Waals surface area contributed by atoms with Crippen LogP contribution in [0.2, 0.25) is 0 Å². The molecule has 21 heavy (non-hydrogen) atoms. The molecule has 116 valence electrons. The first-order chi connectivity index (χ1) is 10.3. The third kappa shape index (κ3) is 4.05. The second-order valence-corrected chi connectivity index (χ2v) is 6.66. The van der Waals surface area contributed by atoms with Crippen molar-refractivity contribution >= 4 is 11.8 Å². The van der Waals surface area contributed by atoms with Crippen LogP contribution in [0.5, 0.6) is 0 Å². The molecule has 5 heteroatoms. The van der Waals surface area contributed by atoms with Crippen molar-refractivity contribution in [1.29, 1.82) is 0 Å². The highest BCUT2D eigenvalue weighted by atomic mass is 15.3. The van der Waals surface area contributed by atoms with Gasteiger partial charge in [-0.1, -0.05) is 32.6 Å². The van der Waals surface area contributed by atoms with Crippen LogP contribution < -0.4 is 10.2 Å². The Labute approximate surface area is 127 Å². The van der Waals surface area contributed by atoms with E-state index in [0.29, 0.717) is 12.0 Å². The lowest BCUT2D eigenvalue weighted by molar-refractivity contribution is 0.444. The van der Waals surface area contributed by atoms with Crippen molar-refractivity contribution in [2.45, 2.75) is 64.3 Å². The molecule has 1 saturated heterocycles. The predicted octanol–water partition coefficient (Wildman–Crippen LogP) is 3.24. The molecule has 2 fully saturated rings. The van der Waals surface area contributed by atoms with Gasteiger partial charge in [-0.15, -0.1) is 5.10 Å². The van der Waals surface area contributed by atoms with Gasteiger partial charge in [0.15, 0.2) is 5.82 Å². The minimum atomic E-state index is 0.518. The summed E-state index contributed by atoms with van der Waals surface area (Å²) in [6.07, 6.45) is 12.2. The molecule has 3 rings (SSSR count). The molecule has 1 aliphatic carbocycles. The van der Waals surface area contributed by atoms with Crippen LogP contribution in [0, 0.1) is 5.92 Å². The van der Waals surface area contributed by atoms with Crippen molar-refractivity contribution < 1.29 is 0 Å². The molecule has 0 amide bonds. The molecule has 1 aromatic heterocycles. The van der Waals surface area contributed by atoms with Crippen molar-refractivity contribution in [3.63, 3.8) is 0 Å². The van der Waals surface area contributed by atoms with Crippen LogP contribution >= 0.6 is 0 Å². The Morgan fingerprint density at radius 1 is 1.10 bits per heavy atom. The summed E-state index contributed by atoms with van der Waals surface area (Å²) in [6, 6.07) is 0.518. The molecule has 1 unspecified atom stereocenters. The summed E-state index contributed by atoms with van der Waals surface area (Å²) in [7, 11) is 0. The van der Waals surface area contributed by atoms with Gasteiger partial charge in [-0.3, -0.25) is 0 Å². The number of anilines is 2. The Morgan fingerprint density at radius 3 is 2.67 bits per heavy atom. The van der Waals surface area contributed by atoms with Crippen molar-refractivity contribution in [1.82, 2.24) is 15.2 Å². The summed E-state index contributed by atoms with van der Waals surface area (Å²) in [4.78, 5) is 7.05. The lowest BCUT2D eigenvalue weighted by Crippen LogP contribution is -2.35. The first-order valence-corrected chi connectivity index (χ1v) is 8.52. The second-order valence-electron chi connectivity index (χ2n) is 6.66. The lowest BCUT2D eigenvalue weighted by atomic mass is 10.0. The third-order valence-electron chi connectivity index (χ3n) is 4.72. The first kappa shape index (κ1) is 14.5. The van der Waals surface area contributed by atoms with Crippen molar-refractivity contribution in [3.05, 3.63) is 6.20 Å². The van der Waals surface area contributed by atoms with Gasteiger partial charge in [0.25, 0.3) is 0 Å². The van der Waals surface area contributed by atoms with Gasteiger partial charge in [0.1, 0.15) is 0 Å². The maximum absolute atomic E-state index is 4.70. The molecule has 1 atom stereocenters. The lowest BCUT2D eigenvalue weighted by Gasteiger charge is -2.31. The molecule has 0 bridgehead atoms. The smallest absolute Gasteiger partial charge is 0.244 e. The summed E-state index contributed by atoms with van der Waals surface area (Å²) in [6.45, 7) is 4.49. The summed E-state index contributed by atoms with van der Waals surface area (Å²) in [5, 5.41) is 11.8. The van der Waals surface area contributed by atoms with Crippen LogP contribution in [-0.4, -0.2) is 34.3 Å². The van der Waals surface area contributed by atoms with Crippen molar-refractivity contribution in [2.75, 3.05) is 23.3 Å². The van der Waals surface area contributed by atoms with Crippen LogP contribution in [0.15, 0.2) is 6.20 Å². The Morgan fingerprint density at radius 2 is 1.90 bits per heavy atom. The zero-order valence-corrected chi connectivity index (χ0v) is 13.1. The highest BCUT2D eigenvalue weighted by Gasteiger charge is 2.19. The first-order valence-electron chi connectivity index (χ1n) is 8.52. The molecule has 1 aliphatic heterocycles. The number of hydrogen-bond acceptors (Lipinski definition) is 5. The average Bonchev–Trinajstić information content (AvgIpc) is 2.76. The van der Waals surface area contributed by atoms with E-state index in [4.69, 9.17) is 4.98 Å². The molecular weight excluding hydrogens is 262 g/mol. The summed E-state index contributed by atoms with van der Waals surface area (Å²) < 4.78 is 0. The number of rotatable bonds is 3. The van der Waals surface area contributed by atoms with Gasteiger partial charge < -0.3 is 10.2 Å². The molecule has 0 spiro atoms. The van der Waals surface area contributed by atoms with E-state index in [1.54, 1.807) is 6.20 Å². The van der Waals surface area contributed by atoms with Crippen molar-refractivity contribution in [2.24, 2.45) is 5.92 Å². The van der Waals surface area contributed by atoms with Gasteiger partial charge in [0.2, 0.25) is 5.95 Å². The van der Waals surface area contributed by atoms with E-state index in [9.17, 15) is 0 Å². The highest BCUT2D eigenvalue weighted by Crippen LogP contribution is 2.23. The van der Waals surface area contributed by atoms with Crippen LogP contribution in [0.25, 0.3) is 0 Å². The van der Waals surface area contributed by atoms with Gasteiger partial charge in [-0.2, -0.15) is 10.1 Å². The van der Waals surface area contributed by atoms with Gasteiger partial charge in [-0.05, 0) is 31.6 Å². The van der Waals surface area contributed by atoms with Crippen LogP contribution in [0.4, 0.5) is 11.8 Å². The Bertz CT molecular complexity index is 442. The van der Waals surface area contributed by atoms with E-state index >= 15 is 0 Å². The van der Waals surface area contributed by atoms with E-state index < -0.39 is 0 Å². The van der Waals surface area contributed by atoms with Gasteiger partial charge in [-0.25, -0.2) is 0 Å². The van der Waals surface area contributed by atoms with Gasteiger partial charge in [0, 0.05) is 19.1 Å². The Balaban J connectivity index is 1.64. The maximum Gasteiger partial charge on any atom is 0.244 e. The second kappa shape index (κ2) is 7.05. The van der Waals surface area contributed by atoms with Crippen LogP contribution in [0.3, 0.4) is 0 Å². The molecule has 2 aliphatic rings. The van der Waals surface area contributed by atoms with E-state index in [-0.39, 0.29) is 0 Å². The molecule has 1 aromatic rings. The molecule has 1 N–H and O–H groups in total. The van der Waals surface area contributed by atoms with E-state index in [2.05, 4.69) is 27.3 Å². The number of hydrogen-bond donors (Lipinski definition) is 1. The minimum absolute atomic E-state index is 0.518. The SMILES string of the molecule is CC1CCCN(c2cnnc(NC3CCCCCC3)n2)C1. The van der Waals surface area contributed by atoms with E-state index in [0.717, 1.165) is 24.8 Å². The van der Waals surface area contributed by atoms with E-state index in [1.165, 1.54) is 51.4 Å². The average molecular weight is 289 g/mol. The molecule has 0 aromatic carbocycles. The highest BCUT2D eigenvalue weighted by molar-refractivity contribution is 5.41. The predicted molar refractivity (Wildman–Crippen MR) is 85.6 cm³/mol. The van der Waals surface area contributed by atoms with Gasteiger partial charge in [0.05, 0.1) is 6.20 Å². The normalized spacial score (nSPS) is 24.6. The standard InChI is InChI=1S/C16H27N5/c1-13-7-6-10-21(12-13)15-11-17-20-16(19-15)18-14-8-4-2-3-5-9-14/h11,13-14H,2-10,12H2,1H3,(H,18,19,20). The largest absolute Gasteiger partial charge is 0.355 e. The zero-order valence-electron chi connectivity index (χ0n) is 13.1. The Kier molecular flexibility index (Phi) is 4.88. The Hall–Kier alpha value is -1.39. The maximum atomic E-state index is 4.70. The number of nitrogens with one attached hydrogen (secondary N) is 1. The fourth-order valence-electron chi connectivity index (χ4n) is 3.51. The van der Waals surface area contributed by atoms with Crippen LogP contribution in [0.1, 0.15) is 58.3 Å². The zero-order chi connectivity index (χ0) is 14.5. The summed E-state index contributed by atoms with van der Waals surface area (Å²) >= 11 is 0. The number of aromatic nitrogens is 3. The van der Waals surface area contributed by atoms with Gasteiger partial charge >= 0.3 is 0 Å². The van der Waals surface area contributed by atoms with E-state index in [1.807, 2.05) is 0 Å². The minimum Gasteiger partial charge on any atom is -0.355 e. The fourth-order valence-corrected chi connectivity index (χ4v) is 3.51. The molecule has 5 nitrogen and oxygen atoms in total. The summed E-state index contributed by atoms with van der Waals surface area (Å²) in [5.41, 5.74) is 0. The van der Waals surface area contributed by atoms with Crippen molar-refractivity contribution in [3.8, 4) is 0 Å². The quantitative estimate of drug-likeness (QED) is 0.866.